The van der Waals surface area contributed by atoms with E-state index in [0.717, 1.165) is 88.8 Å². The fourth-order valence-corrected chi connectivity index (χ4v) is 10.8. The number of fused-ring (bicyclic) bond motifs is 12. The second-order valence-electron chi connectivity index (χ2n) is 18.1. The Morgan fingerprint density at radius 2 is 1.03 bits per heavy atom. The SMILES string of the molecule is CC1(C)c2ccccc2-c2cc3c(cc21)c1cc(-c2ccc4oc5cccc(-c6cc(-c7ccccc7)nc(-c7ccc8c(c7)oc7ccccc78)n6)c5c4c2)ccc1n3-c1ccccc1. The number of hydrogen-bond acceptors (Lipinski definition) is 4. The van der Waals surface area contributed by atoms with Gasteiger partial charge in [-0.15, -0.1) is 0 Å². The predicted octanol–water partition coefficient (Wildman–Crippen LogP) is 16.3. The Labute approximate surface area is 379 Å². The maximum atomic E-state index is 6.62. The van der Waals surface area contributed by atoms with Gasteiger partial charge >= 0.3 is 0 Å². The highest BCUT2D eigenvalue weighted by molar-refractivity contribution is 6.15. The molecule has 4 heterocycles. The van der Waals surface area contributed by atoms with Crippen molar-refractivity contribution in [2.24, 2.45) is 0 Å². The highest BCUT2D eigenvalue weighted by Crippen LogP contribution is 2.51. The molecule has 0 N–H and O–H groups in total. The molecule has 1 aliphatic carbocycles. The summed E-state index contributed by atoms with van der Waals surface area (Å²) in [7, 11) is 0. The Morgan fingerprint density at radius 1 is 0.379 bits per heavy atom. The molecular weight excluding hydrogens is 807 g/mol. The molecule has 0 atom stereocenters. The molecule has 0 aliphatic heterocycles. The zero-order valence-corrected chi connectivity index (χ0v) is 36.2. The van der Waals surface area contributed by atoms with Crippen LogP contribution in [0.5, 0.6) is 0 Å². The average Bonchev–Trinajstić information content (AvgIpc) is 4.09. The molecular formula is C61H39N3O2. The molecule has 4 aromatic heterocycles. The molecule has 14 rings (SSSR count). The van der Waals surface area contributed by atoms with Gasteiger partial charge < -0.3 is 13.4 Å². The summed E-state index contributed by atoms with van der Waals surface area (Å²) in [5.41, 5.74) is 18.9. The van der Waals surface area contributed by atoms with Gasteiger partial charge in [0.1, 0.15) is 22.3 Å². The van der Waals surface area contributed by atoms with Crippen LogP contribution in [-0.4, -0.2) is 14.5 Å². The third-order valence-corrected chi connectivity index (χ3v) is 14.0. The molecule has 0 bridgehead atoms. The Morgan fingerprint density at radius 3 is 1.91 bits per heavy atom. The first kappa shape index (κ1) is 36.9. The quantitative estimate of drug-likeness (QED) is 0.173. The zero-order valence-electron chi connectivity index (χ0n) is 36.2. The topological polar surface area (TPSA) is 57.0 Å². The first-order chi connectivity index (χ1) is 32.4. The lowest BCUT2D eigenvalue weighted by Gasteiger charge is -2.21. The number of nitrogens with zero attached hydrogens (tertiary/aromatic N) is 3. The van der Waals surface area contributed by atoms with Crippen molar-refractivity contribution in [2.75, 3.05) is 0 Å². The normalized spacial score (nSPS) is 13.1. The Kier molecular flexibility index (Phi) is 7.68. The molecule has 1 aliphatic rings. The van der Waals surface area contributed by atoms with E-state index in [4.69, 9.17) is 18.8 Å². The third-order valence-electron chi connectivity index (χ3n) is 14.0. The van der Waals surface area contributed by atoms with Gasteiger partial charge in [0.15, 0.2) is 5.82 Å². The van der Waals surface area contributed by atoms with Gasteiger partial charge in [0.05, 0.1) is 22.4 Å². The minimum absolute atomic E-state index is 0.113. The van der Waals surface area contributed by atoms with Crippen LogP contribution in [0.1, 0.15) is 25.0 Å². The summed E-state index contributed by atoms with van der Waals surface area (Å²) in [4.78, 5) is 10.5. The lowest BCUT2D eigenvalue weighted by atomic mass is 9.82. The van der Waals surface area contributed by atoms with E-state index in [9.17, 15) is 0 Å². The number of rotatable bonds is 5. The van der Waals surface area contributed by atoms with Gasteiger partial charge in [-0.25, -0.2) is 9.97 Å². The van der Waals surface area contributed by atoms with E-state index in [1.54, 1.807) is 0 Å². The van der Waals surface area contributed by atoms with E-state index in [1.165, 1.54) is 44.1 Å². The second kappa shape index (κ2) is 13.7. The lowest BCUT2D eigenvalue weighted by Crippen LogP contribution is -2.14. The summed E-state index contributed by atoms with van der Waals surface area (Å²) in [5, 5.41) is 6.69. The smallest absolute Gasteiger partial charge is 0.160 e. The molecule has 13 aromatic rings. The predicted molar refractivity (Wildman–Crippen MR) is 270 cm³/mol. The average molecular weight is 846 g/mol. The number of aromatic nitrogens is 3. The summed E-state index contributed by atoms with van der Waals surface area (Å²) in [6.45, 7) is 4.71. The molecule has 0 amide bonds. The molecule has 9 aromatic carbocycles. The maximum absolute atomic E-state index is 6.62. The first-order valence-corrected chi connectivity index (χ1v) is 22.5. The van der Waals surface area contributed by atoms with Crippen molar-refractivity contribution in [3.63, 3.8) is 0 Å². The number of furan rings is 2. The minimum atomic E-state index is -0.113. The van der Waals surface area contributed by atoms with Gasteiger partial charge in [-0.1, -0.05) is 135 Å². The van der Waals surface area contributed by atoms with E-state index in [2.05, 4.69) is 182 Å². The Balaban J connectivity index is 0.948. The van der Waals surface area contributed by atoms with E-state index in [0.29, 0.717) is 5.82 Å². The Hall–Kier alpha value is -8.54. The van der Waals surface area contributed by atoms with Crippen LogP contribution >= 0.6 is 0 Å². The van der Waals surface area contributed by atoms with E-state index < -0.39 is 0 Å². The van der Waals surface area contributed by atoms with Crippen molar-refractivity contribution in [2.45, 2.75) is 19.3 Å². The van der Waals surface area contributed by atoms with Crippen LogP contribution < -0.4 is 0 Å². The number of para-hydroxylation sites is 2. The highest BCUT2D eigenvalue weighted by atomic mass is 16.3. The van der Waals surface area contributed by atoms with Crippen molar-refractivity contribution >= 4 is 65.7 Å². The Bertz CT molecular complexity index is 4140. The fourth-order valence-electron chi connectivity index (χ4n) is 10.8. The minimum Gasteiger partial charge on any atom is -0.456 e. The molecule has 0 saturated heterocycles. The van der Waals surface area contributed by atoms with Crippen LogP contribution in [-0.2, 0) is 5.41 Å². The van der Waals surface area contributed by atoms with Gasteiger partial charge in [0.2, 0.25) is 0 Å². The van der Waals surface area contributed by atoms with Crippen molar-refractivity contribution in [3.8, 4) is 61.8 Å². The maximum Gasteiger partial charge on any atom is 0.160 e. The molecule has 0 fully saturated rings. The molecule has 0 radical (unpaired) electrons. The fraction of sp³-hybridized carbons (Fsp3) is 0.0492. The summed E-state index contributed by atoms with van der Waals surface area (Å²) in [6, 6.07) is 71.1. The zero-order chi connectivity index (χ0) is 43.7. The lowest BCUT2D eigenvalue weighted by molar-refractivity contribution is 0.661. The van der Waals surface area contributed by atoms with Crippen LogP contribution in [0.25, 0.3) is 128 Å². The van der Waals surface area contributed by atoms with Crippen LogP contribution in [0, 0.1) is 0 Å². The van der Waals surface area contributed by atoms with Gasteiger partial charge in [0, 0.05) is 60.1 Å². The van der Waals surface area contributed by atoms with Crippen LogP contribution in [0.4, 0.5) is 0 Å². The molecule has 5 heteroatoms. The van der Waals surface area contributed by atoms with Crippen LogP contribution in [0.2, 0.25) is 0 Å². The molecule has 0 unspecified atom stereocenters. The molecule has 66 heavy (non-hydrogen) atoms. The van der Waals surface area contributed by atoms with Gasteiger partial charge in [-0.3, -0.25) is 0 Å². The van der Waals surface area contributed by atoms with Gasteiger partial charge in [0.25, 0.3) is 0 Å². The van der Waals surface area contributed by atoms with Crippen LogP contribution in [0.15, 0.2) is 209 Å². The highest BCUT2D eigenvalue weighted by Gasteiger charge is 2.36. The summed E-state index contributed by atoms with van der Waals surface area (Å²) < 4.78 is 15.4. The van der Waals surface area contributed by atoms with E-state index in [1.807, 2.05) is 36.4 Å². The summed E-state index contributed by atoms with van der Waals surface area (Å²) in [6.07, 6.45) is 0. The summed E-state index contributed by atoms with van der Waals surface area (Å²) >= 11 is 0. The molecule has 310 valence electrons. The molecule has 0 saturated carbocycles. The van der Waals surface area contributed by atoms with Gasteiger partial charge in [-0.2, -0.15) is 0 Å². The van der Waals surface area contributed by atoms with Crippen LogP contribution in [0.3, 0.4) is 0 Å². The first-order valence-electron chi connectivity index (χ1n) is 22.5. The van der Waals surface area contributed by atoms with Gasteiger partial charge in [-0.05, 0) is 112 Å². The largest absolute Gasteiger partial charge is 0.456 e. The van der Waals surface area contributed by atoms with Crippen molar-refractivity contribution < 1.29 is 8.83 Å². The van der Waals surface area contributed by atoms with E-state index in [-0.39, 0.29) is 5.41 Å². The molecule has 5 nitrogen and oxygen atoms in total. The second-order valence-corrected chi connectivity index (χ2v) is 18.1. The van der Waals surface area contributed by atoms with Crippen molar-refractivity contribution in [1.29, 1.82) is 0 Å². The third kappa shape index (κ3) is 5.40. The van der Waals surface area contributed by atoms with Crippen molar-refractivity contribution in [3.05, 3.63) is 211 Å². The monoisotopic (exact) mass is 845 g/mol. The van der Waals surface area contributed by atoms with Crippen molar-refractivity contribution in [1.82, 2.24) is 14.5 Å². The number of hydrogen-bond donors (Lipinski definition) is 0. The summed E-state index contributed by atoms with van der Waals surface area (Å²) in [5.74, 6) is 0.625. The van der Waals surface area contributed by atoms with E-state index >= 15 is 0 Å². The molecule has 0 spiro atoms. The standard InChI is InChI=1S/C61H39N3O2/c1-61(2)49-21-11-9-18-41(49)45-34-54-47(33-50(45)61)46-30-37(25-28-53(46)64(54)40-16-7-4-8-17-40)38-26-29-56-48(31-38)59-44(20-13-23-57(59)65-56)52-35-51(36-14-5-3-6-15-36)62-60(63-52)39-24-27-43-42-19-10-12-22-55(42)66-58(43)32-39/h3-35H,1-2H3. The number of benzene rings is 9.